The summed E-state index contributed by atoms with van der Waals surface area (Å²) in [5.41, 5.74) is 1.28. The highest BCUT2D eigenvalue weighted by molar-refractivity contribution is 6.33. The summed E-state index contributed by atoms with van der Waals surface area (Å²) in [7, 11) is 0. The predicted octanol–water partition coefficient (Wildman–Crippen LogP) is 5.13. The molecule has 0 spiro atoms. The number of hydrogen-bond acceptors (Lipinski definition) is 6. The molecule has 32 heavy (non-hydrogen) atoms. The number of hydrogen-bond donors (Lipinski definition) is 3. The Kier molecular flexibility index (Phi) is 5.96. The highest BCUT2D eigenvalue weighted by Gasteiger charge is 2.30. The van der Waals surface area contributed by atoms with E-state index < -0.39 is 24.5 Å². The van der Waals surface area contributed by atoms with Crippen LogP contribution in [0.2, 0.25) is 5.02 Å². The van der Waals surface area contributed by atoms with Crippen molar-refractivity contribution < 1.29 is 23.4 Å². The molecule has 0 fully saturated rings. The molecule has 3 N–H and O–H groups in total. The Morgan fingerprint density at radius 2 is 1.78 bits per heavy atom. The average molecular weight is 461 g/mol. The highest BCUT2D eigenvalue weighted by atomic mass is 35.5. The summed E-state index contributed by atoms with van der Waals surface area (Å²) in [6, 6.07) is 11.5. The molecule has 6 nitrogen and oxygen atoms in total. The van der Waals surface area contributed by atoms with Gasteiger partial charge >= 0.3 is 6.18 Å². The number of alkyl halides is 3. The van der Waals surface area contributed by atoms with Gasteiger partial charge in [-0.05, 0) is 42.5 Å². The van der Waals surface area contributed by atoms with Crippen LogP contribution in [-0.4, -0.2) is 32.0 Å². The fraction of sp³-hybridized carbons (Fsp3) is 0.136. The number of halogens is 4. The molecule has 0 bridgehead atoms. The minimum atomic E-state index is -4.40. The van der Waals surface area contributed by atoms with Crippen LogP contribution in [-0.2, 0) is 6.18 Å². The van der Waals surface area contributed by atoms with Gasteiger partial charge in [-0.15, -0.1) is 5.10 Å². The van der Waals surface area contributed by atoms with Crippen molar-refractivity contribution >= 4 is 33.9 Å². The standard InChI is InChI=1S/C22H16ClF3N4O2/c23-18-8-14(19(32)11-31)9-27-20(18)12-1-6-17-13(7-12)10-28-30-21(17)29-16-4-2-15(3-5-16)22(24,25)26/h1-10,19,31-32H,11H2,(H,29,30)/t19-/m0/s1. The van der Waals surface area contributed by atoms with Gasteiger partial charge in [-0.1, -0.05) is 17.7 Å². The first-order chi connectivity index (χ1) is 15.3. The zero-order chi connectivity index (χ0) is 22.9. The van der Waals surface area contributed by atoms with Gasteiger partial charge in [0.15, 0.2) is 5.82 Å². The molecule has 2 aromatic heterocycles. The van der Waals surface area contributed by atoms with Crippen LogP contribution in [0.3, 0.4) is 0 Å². The zero-order valence-electron chi connectivity index (χ0n) is 16.3. The molecule has 0 saturated carbocycles. The monoisotopic (exact) mass is 460 g/mol. The lowest BCUT2D eigenvalue weighted by atomic mass is 10.0. The second-order valence-electron chi connectivity index (χ2n) is 6.99. The number of aromatic nitrogens is 3. The van der Waals surface area contributed by atoms with Crippen molar-refractivity contribution in [1.82, 2.24) is 15.2 Å². The SMILES string of the molecule is OC[C@H](O)c1cnc(-c2ccc3c(Nc4ccc(C(F)(F)F)cc4)nncc3c2)c(Cl)c1. The first kappa shape index (κ1) is 21.9. The van der Waals surface area contributed by atoms with E-state index in [1.54, 1.807) is 24.4 Å². The third-order valence-corrected chi connectivity index (χ3v) is 5.12. The number of rotatable bonds is 5. The molecule has 164 valence electrons. The number of fused-ring (bicyclic) bond motifs is 1. The molecule has 0 radical (unpaired) electrons. The van der Waals surface area contributed by atoms with Crippen molar-refractivity contribution in [3.05, 3.63) is 77.1 Å². The Hall–Kier alpha value is -3.27. The van der Waals surface area contributed by atoms with E-state index in [-0.39, 0.29) is 0 Å². The van der Waals surface area contributed by atoms with Crippen LogP contribution < -0.4 is 5.32 Å². The summed E-state index contributed by atoms with van der Waals surface area (Å²) in [5, 5.41) is 31.5. The van der Waals surface area contributed by atoms with Gasteiger partial charge in [-0.25, -0.2) is 0 Å². The molecule has 4 aromatic rings. The van der Waals surface area contributed by atoms with E-state index in [1.165, 1.54) is 24.4 Å². The van der Waals surface area contributed by atoms with E-state index in [0.29, 0.717) is 44.1 Å². The van der Waals surface area contributed by atoms with Gasteiger partial charge in [-0.2, -0.15) is 18.3 Å². The zero-order valence-corrected chi connectivity index (χ0v) is 17.1. The Balaban J connectivity index is 1.64. The van der Waals surface area contributed by atoms with Crippen molar-refractivity contribution in [2.24, 2.45) is 0 Å². The van der Waals surface area contributed by atoms with Crippen LogP contribution in [0, 0.1) is 0 Å². The molecule has 2 heterocycles. The smallest absolute Gasteiger partial charge is 0.393 e. The van der Waals surface area contributed by atoms with Gasteiger partial charge < -0.3 is 15.5 Å². The minimum absolute atomic E-state index is 0.305. The summed E-state index contributed by atoms with van der Waals surface area (Å²) in [5.74, 6) is 0.384. The number of pyridine rings is 1. The van der Waals surface area contributed by atoms with E-state index in [0.717, 1.165) is 12.1 Å². The van der Waals surface area contributed by atoms with E-state index in [4.69, 9.17) is 16.7 Å². The molecule has 0 unspecified atom stereocenters. The summed E-state index contributed by atoms with van der Waals surface area (Å²) >= 11 is 6.32. The molecule has 0 aliphatic rings. The van der Waals surface area contributed by atoms with Crippen molar-refractivity contribution in [2.75, 3.05) is 11.9 Å². The topological polar surface area (TPSA) is 91.2 Å². The largest absolute Gasteiger partial charge is 0.416 e. The molecule has 2 aromatic carbocycles. The summed E-state index contributed by atoms with van der Waals surface area (Å²) < 4.78 is 38.3. The summed E-state index contributed by atoms with van der Waals surface area (Å²) in [4.78, 5) is 4.30. The molecule has 4 rings (SSSR count). The lowest BCUT2D eigenvalue weighted by Gasteiger charge is -2.12. The molecule has 0 aliphatic carbocycles. The van der Waals surface area contributed by atoms with Crippen LogP contribution in [0.15, 0.2) is 60.9 Å². The third kappa shape index (κ3) is 4.50. The lowest BCUT2D eigenvalue weighted by molar-refractivity contribution is -0.137. The molecule has 0 saturated heterocycles. The average Bonchev–Trinajstić information content (AvgIpc) is 2.78. The molecular weight excluding hydrogens is 445 g/mol. The van der Waals surface area contributed by atoms with Gasteiger partial charge in [0.25, 0.3) is 0 Å². The van der Waals surface area contributed by atoms with Crippen LogP contribution in [0.5, 0.6) is 0 Å². The number of nitrogens with zero attached hydrogens (tertiary/aromatic N) is 3. The normalized spacial score (nSPS) is 12.7. The van der Waals surface area contributed by atoms with Crippen molar-refractivity contribution in [1.29, 1.82) is 0 Å². The quantitative estimate of drug-likeness (QED) is 0.382. The summed E-state index contributed by atoms with van der Waals surface area (Å²) in [6.07, 6.45) is -2.49. The van der Waals surface area contributed by atoms with E-state index in [1.807, 2.05) is 0 Å². The molecular formula is C22H16ClF3N4O2. The molecule has 0 aliphatic heterocycles. The Bertz CT molecular complexity index is 1270. The Morgan fingerprint density at radius 1 is 1.03 bits per heavy atom. The van der Waals surface area contributed by atoms with Crippen molar-refractivity contribution in [3.8, 4) is 11.3 Å². The van der Waals surface area contributed by atoms with Crippen LogP contribution in [0.4, 0.5) is 24.7 Å². The van der Waals surface area contributed by atoms with Gasteiger partial charge in [0.05, 0.1) is 29.1 Å². The first-order valence-electron chi connectivity index (χ1n) is 9.40. The Labute approximate surface area is 185 Å². The lowest BCUT2D eigenvalue weighted by Crippen LogP contribution is -2.04. The number of nitrogens with one attached hydrogen (secondary N) is 1. The van der Waals surface area contributed by atoms with E-state index in [9.17, 15) is 18.3 Å². The second kappa shape index (κ2) is 8.70. The van der Waals surface area contributed by atoms with E-state index in [2.05, 4.69) is 20.5 Å². The minimum Gasteiger partial charge on any atom is -0.393 e. The van der Waals surface area contributed by atoms with Crippen molar-refractivity contribution in [3.63, 3.8) is 0 Å². The van der Waals surface area contributed by atoms with Crippen LogP contribution in [0.1, 0.15) is 17.2 Å². The van der Waals surface area contributed by atoms with E-state index >= 15 is 0 Å². The van der Waals surface area contributed by atoms with Gasteiger partial charge in [0.1, 0.15) is 6.10 Å². The highest BCUT2D eigenvalue weighted by Crippen LogP contribution is 2.33. The Morgan fingerprint density at radius 3 is 2.44 bits per heavy atom. The second-order valence-corrected chi connectivity index (χ2v) is 7.40. The number of benzene rings is 2. The third-order valence-electron chi connectivity index (χ3n) is 4.83. The van der Waals surface area contributed by atoms with Gasteiger partial charge in [0, 0.05) is 33.8 Å². The van der Waals surface area contributed by atoms with Crippen molar-refractivity contribution in [2.45, 2.75) is 12.3 Å². The first-order valence-corrected chi connectivity index (χ1v) is 9.78. The molecule has 0 amide bonds. The van der Waals surface area contributed by atoms with Gasteiger partial charge in [0.2, 0.25) is 0 Å². The fourth-order valence-electron chi connectivity index (χ4n) is 3.16. The number of anilines is 2. The van der Waals surface area contributed by atoms with Crippen LogP contribution in [0.25, 0.3) is 22.0 Å². The maximum atomic E-state index is 12.8. The number of aliphatic hydroxyl groups is 2. The molecule has 10 heteroatoms. The molecule has 1 atom stereocenters. The predicted molar refractivity (Wildman–Crippen MR) is 115 cm³/mol. The summed E-state index contributed by atoms with van der Waals surface area (Å²) in [6.45, 7) is -0.444. The van der Waals surface area contributed by atoms with Crippen LogP contribution >= 0.6 is 11.6 Å². The maximum absolute atomic E-state index is 12.8. The number of aliphatic hydroxyl groups excluding tert-OH is 2. The maximum Gasteiger partial charge on any atom is 0.416 e. The van der Waals surface area contributed by atoms with Gasteiger partial charge in [-0.3, -0.25) is 4.98 Å². The fourth-order valence-corrected chi connectivity index (χ4v) is 3.44.